The predicted molar refractivity (Wildman–Crippen MR) is 81.2 cm³/mol. The molecule has 0 aliphatic rings. The maximum atomic E-state index is 5.80. The molecule has 2 aromatic rings. The molecule has 4 nitrogen and oxygen atoms in total. The standard InChI is InChI=1S/C16H21N3O/c1-3-14-15(17-2)18-12-19-16(14)20-11-7-10-13-8-5-4-6-9-13/h4-6,8-9,12H,3,7,10-11H2,1-2H3,(H,17,18,19). The number of nitrogens with one attached hydrogen (secondary N) is 1. The lowest BCUT2D eigenvalue weighted by Crippen LogP contribution is -2.06. The highest BCUT2D eigenvalue weighted by molar-refractivity contribution is 5.48. The molecule has 0 spiro atoms. The molecule has 0 fully saturated rings. The largest absolute Gasteiger partial charge is 0.477 e. The molecule has 0 atom stereocenters. The third-order valence-corrected chi connectivity index (χ3v) is 3.19. The summed E-state index contributed by atoms with van der Waals surface area (Å²) in [5.41, 5.74) is 2.38. The number of benzene rings is 1. The zero-order chi connectivity index (χ0) is 14.2. The molecular formula is C16H21N3O. The maximum Gasteiger partial charge on any atom is 0.221 e. The number of aromatic nitrogens is 2. The van der Waals surface area contributed by atoms with Crippen molar-refractivity contribution in [2.24, 2.45) is 0 Å². The van der Waals surface area contributed by atoms with Crippen molar-refractivity contribution < 1.29 is 4.74 Å². The van der Waals surface area contributed by atoms with Crippen molar-refractivity contribution in [3.63, 3.8) is 0 Å². The van der Waals surface area contributed by atoms with Crippen molar-refractivity contribution >= 4 is 5.82 Å². The molecule has 1 aromatic carbocycles. The summed E-state index contributed by atoms with van der Waals surface area (Å²) in [4.78, 5) is 8.43. The minimum Gasteiger partial charge on any atom is -0.477 e. The van der Waals surface area contributed by atoms with Crippen LogP contribution in [0.2, 0.25) is 0 Å². The Balaban J connectivity index is 1.88. The van der Waals surface area contributed by atoms with Crippen LogP contribution in [-0.2, 0) is 12.8 Å². The SMILES string of the molecule is CCc1c(NC)ncnc1OCCCc1ccccc1. The number of aryl methyl sites for hydroxylation is 1. The number of hydrogen-bond acceptors (Lipinski definition) is 4. The Morgan fingerprint density at radius 2 is 1.95 bits per heavy atom. The van der Waals surface area contributed by atoms with Gasteiger partial charge in [-0.25, -0.2) is 9.97 Å². The lowest BCUT2D eigenvalue weighted by atomic mass is 10.1. The highest BCUT2D eigenvalue weighted by Gasteiger charge is 2.09. The van der Waals surface area contributed by atoms with E-state index in [0.717, 1.165) is 30.6 Å². The fourth-order valence-corrected chi connectivity index (χ4v) is 2.14. The second-order valence-electron chi connectivity index (χ2n) is 4.55. The quantitative estimate of drug-likeness (QED) is 0.786. The monoisotopic (exact) mass is 271 g/mol. The molecule has 0 bridgehead atoms. The first-order chi connectivity index (χ1) is 9.85. The summed E-state index contributed by atoms with van der Waals surface area (Å²) in [5, 5.41) is 3.07. The zero-order valence-corrected chi connectivity index (χ0v) is 12.1. The lowest BCUT2D eigenvalue weighted by molar-refractivity contribution is 0.296. The van der Waals surface area contributed by atoms with E-state index in [9.17, 15) is 0 Å². The minimum atomic E-state index is 0.669. The molecule has 0 aliphatic heterocycles. The summed E-state index contributed by atoms with van der Waals surface area (Å²) < 4.78 is 5.80. The van der Waals surface area contributed by atoms with Crippen LogP contribution in [0.15, 0.2) is 36.7 Å². The summed E-state index contributed by atoms with van der Waals surface area (Å²) >= 11 is 0. The van der Waals surface area contributed by atoms with E-state index in [1.54, 1.807) is 0 Å². The molecule has 106 valence electrons. The summed E-state index contributed by atoms with van der Waals surface area (Å²) in [6, 6.07) is 10.4. The van der Waals surface area contributed by atoms with Crippen LogP contribution in [0, 0.1) is 0 Å². The summed E-state index contributed by atoms with van der Waals surface area (Å²) in [6.45, 7) is 2.75. The molecule has 1 heterocycles. The van der Waals surface area contributed by atoms with Crippen molar-refractivity contribution in [3.05, 3.63) is 47.8 Å². The van der Waals surface area contributed by atoms with Gasteiger partial charge in [-0.05, 0) is 24.8 Å². The van der Waals surface area contributed by atoms with Gasteiger partial charge in [-0.2, -0.15) is 0 Å². The molecular weight excluding hydrogens is 250 g/mol. The van der Waals surface area contributed by atoms with Gasteiger partial charge in [0.05, 0.1) is 12.2 Å². The molecule has 0 saturated heterocycles. The van der Waals surface area contributed by atoms with Gasteiger partial charge in [0.25, 0.3) is 0 Å². The number of hydrogen-bond donors (Lipinski definition) is 1. The van der Waals surface area contributed by atoms with Gasteiger partial charge in [-0.3, -0.25) is 0 Å². The van der Waals surface area contributed by atoms with E-state index in [-0.39, 0.29) is 0 Å². The number of nitrogens with zero attached hydrogens (tertiary/aromatic N) is 2. The number of rotatable bonds is 7. The topological polar surface area (TPSA) is 47.0 Å². The Morgan fingerprint density at radius 1 is 1.15 bits per heavy atom. The number of ether oxygens (including phenoxy) is 1. The maximum absolute atomic E-state index is 5.80. The molecule has 0 amide bonds. The molecule has 0 saturated carbocycles. The van der Waals surface area contributed by atoms with E-state index in [1.165, 1.54) is 11.9 Å². The van der Waals surface area contributed by atoms with E-state index in [4.69, 9.17) is 4.74 Å². The van der Waals surface area contributed by atoms with Crippen LogP contribution in [0.1, 0.15) is 24.5 Å². The van der Waals surface area contributed by atoms with Crippen molar-refractivity contribution in [2.75, 3.05) is 19.0 Å². The Kier molecular flexibility index (Phi) is 5.35. The first-order valence-corrected chi connectivity index (χ1v) is 7.03. The van der Waals surface area contributed by atoms with Gasteiger partial charge in [-0.1, -0.05) is 37.3 Å². The Labute approximate surface area is 120 Å². The van der Waals surface area contributed by atoms with Gasteiger partial charge in [0.1, 0.15) is 12.1 Å². The average Bonchev–Trinajstić information content (AvgIpc) is 2.52. The van der Waals surface area contributed by atoms with Crippen molar-refractivity contribution in [1.82, 2.24) is 9.97 Å². The van der Waals surface area contributed by atoms with E-state index < -0.39 is 0 Å². The van der Waals surface area contributed by atoms with E-state index in [2.05, 4.69) is 46.5 Å². The highest BCUT2D eigenvalue weighted by atomic mass is 16.5. The third-order valence-electron chi connectivity index (χ3n) is 3.19. The van der Waals surface area contributed by atoms with Crippen molar-refractivity contribution in [2.45, 2.75) is 26.2 Å². The van der Waals surface area contributed by atoms with E-state index in [0.29, 0.717) is 12.5 Å². The normalized spacial score (nSPS) is 10.3. The Morgan fingerprint density at radius 3 is 2.65 bits per heavy atom. The predicted octanol–water partition coefficient (Wildman–Crippen LogP) is 3.09. The zero-order valence-electron chi connectivity index (χ0n) is 12.1. The van der Waals surface area contributed by atoms with Gasteiger partial charge in [0, 0.05) is 7.05 Å². The fourth-order valence-electron chi connectivity index (χ4n) is 2.14. The molecule has 0 aliphatic carbocycles. The molecule has 20 heavy (non-hydrogen) atoms. The molecule has 0 unspecified atom stereocenters. The first kappa shape index (κ1) is 14.3. The smallest absolute Gasteiger partial charge is 0.221 e. The van der Waals surface area contributed by atoms with Gasteiger partial charge < -0.3 is 10.1 Å². The van der Waals surface area contributed by atoms with Gasteiger partial charge in [0.2, 0.25) is 5.88 Å². The second kappa shape index (κ2) is 7.48. The average molecular weight is 271 g/mol. The first-order valence-electron chi connectivity index (χ1n) is 7.03. The van der Waals surface area contributed by atoms with Crippen LogP contribution in [0.25, 0.3) is 0 Å². The minimum absolute atomic E-state index is 0.669. The summed E-state index contributed by atoms with van der Waals surface area (Å²) in [6.07, 6.45) is 4.39. The van der Waals surface area contributed by atoms with Crippen LogP contribution in [0.3, 0.4) is 0 Å². The van der Waals surface area contributed by atoms with Crippen LogP contribution in [0.5, 0.6) is 5.88 Å². The molecule has 1 N–H and O–H groups in total. The van der Waals surface area contributed by atoms with Crippen molar-refractivity contribution in [1.29, 1.82) is 0 Å². The van der Waals surface area contributed by atoms with E-state index >= 15 is 0 Å². The molecule has 2 rings (SSSR count). The van der Waals surface area contributed by atoms with Gasteiger partial charge >= 0.3 is 0 Å². The molecule has 1 aromatic heterocycles. The Bertz CT molecular complexity index is 529. The van der Waals surface area contributed by atoms with Crippen LogP contribution >= 0.6 is 0 Å². The highest BCUT2D eigenvalue weighted by Crippen LogP contribution is 2.22. The van der Waals surface area contributed by atoms with Gasteiger partial charge in [-0.15, -0.1) is 0 Å². The molecule has 4 heteroatoms. The van der Waals surface area contributed by atoms with Crippen LogP contribution in [-0.4, -0.2) is 23.6 Å². The van der Waals surface area contributed by atoms with Crippen LogP contribution in [0.4, 0.5) is 5.82 Å². The van der Waals surface area contributed by atoms with Crippen molar-refractivity contribution in [3.8, 4) is 5.88 Å². The summed E-state index contributed by atoms with van der Waals surface area (Å²) in [5.74, 6) is 1.54. The second-order valence-corrected chi connectivity index (χ2v) is 4.55. The van der Waals surface area contributed by atoms with E-state index in [1.807, 2.05) is 13.1 Å². The lowest BCUT2D eigenvalue weighted by Gasteiger charge is -2.12. The molecule has 0 radical (unpaired) electrons. The fraction of sp³-hybridized carbons (Fsp3) is 0.375. The summed E-state index contributed by atoms with van der Waals surface area (Å²) in [7, 11) is 1.86. The van der Waals surface area contributed by atoms with Crippen LogP contribution < -0.4 is 10.1 Å². The number of anilines is 1. The third kappa shape index (κ3) is 3.70. The Hall–Kier alpha value is -2.10. The van der Waals surface area contributed by atoms with Gasteiger partial charge in [0.15, 0.2) is 0 Å².